The molecule has 0 saturated heterocycles. The molecule has 2 N–H and O–H groups in total. The van der Waals surface area contributed by atoms with Gasteiger partial charge in [0.1, 0.15) is 5.75 Å². The Morgan fingerprint density at radius 2 is 2.00 bits per heavy atom. The number of amides is 1. The Hall–Kier alpha value is -2.60. The van der Waals surface area contributed by atoms with E-state index in [1.807, 2.05) is 0 Å². The van der Waals surface area contributed by atoms with Crippen LogP contribution >= 0.6 is 11.6 Å². The monoisotopic (exact) mass is 321 g/mol. The number of halogens is 1. The van der Waals surface area contributed by atoms with Gasteiger partial charge in [-0.25, -0.2) is 0 Å². The number of ketones is 2. The number of hydrogen-bond acceptors (Lipinski definition) is 5. The van der Waals surface area contributed by atoms with E-state index in [9.17, 15) is 19.5 Å². The predicted molar refractivity (Wildman–Crippen MR) is 78.2 cm³/mol. The molecule has 0 saturated carbocycles. The Morgan fingerprint density at radius 1 is 1.27 bits per heavy atom. The van der Waals surface area contributed by atoms with Crippen molar-refractivity contribution in [2.45, 2.75) is 6.42 Å². The third-order valence-electron chi connectivity index (χ3n) is 2.93. The van der Waals surface area contributed by atoms with Crippen molar-refractivity contribution in [2.75, 3.05) is 7.11 Å². The van der Waals surface area contributed by atoms with E-state index >= 15 is 0 Å². The van der Waals surface area contributed by atoms with Gasteiger partial charge in [0.05, 0.1) is 19.2 Å². The van der Waals surface area contributed by atoms with Crippen LogP contribution in [-0.2, 0) is 25.5 Å². The lowest BCUT2D eigenvalue weighted by molar-refractivity contribution is -0.122. The number of allylic oxidation sites excluding steroid dienone is 2. The molecule has 0 unspecified atom stereocenters. The van der Waals surface area contributed by atoms with Crippen molar-refractivity contribution in [1.82, 2.24) is 5.32 Å². The van der Waals surface area contributed by atoms with Gasteiger partial charge >= 0.3 is 0 Å². The summed E-state index contributed by atoms with van der Waals surface area (Å²) in [5.74, 6) is -1.62. The molecule has 0 bridgehead atoms. The zero-order valence-corrected chi connectivity index (χ0v) is 12.3. The number of nitrogens with one attached hydrogen (secondary N) is 1. The summed E-state index contributed by atoms with van der Waals surface area (Å²) >= 11 is 5.90. The molecule has 0 aliphatic heterocycles. The van der Waals surface area contributed by atoms with Crippen molar-refractivity contribution in [1.29, 1.82) is 0 Å². The summed E-state index contributed by atoms with van der Waals surface area (Å²) in [6.07, 6.45) is 1.93. The minimum absolute atomic E-state index is 0.0119. The van der Waals surface area contributed by atoms with Crippen LogP contribution in [0.25, 0.3) is 0 Å². The molecule has 1 aliphatic rings. The van der Waals surface area contributed by atoms with Gasteiger partial charge in [0, 0.05) is 17.2 Å². The quantitative estimate of drug-likeness (QED) is 0.815. The Balaban J connectivity index is 2.07. The molecule has 0 heterocycles. The smallest absolute Gasteiger partial charge is 0.228 e. The fourth-order valence-corrected chi connectivity index (χ4v) is 2.09. The number of aromatic hydroxyl groups is 1. The zero-order valence-electron chi connectivity index (χ0n) is 11.6. The van der Waals surface area contributed by atoms with E-state index in [1.165, 1.54) is 25.3 Å². The van der Waals surface area contributed by atoms with Crippen LogP contribution in [-0.4, -0.2) is 29.7 Å². The van der Waals surface area contributed by atoms with Crippen LogP contribution in [0.4, 0.5) is 0 Å². The number of methoxy groups -OCH3 is 1. The van der Waals surface area contributed by atoms with Gasteiger partial charge in [0.25, 0.3) is 0 Å². The molecule has 1 aromatic rings. The molecule has 0 radical (unpaired) electrons. The number of benzene rings is 1. The third kappa shape index (κ3) is 3.53. The highest BCUT2D eigenvalue weighted by molar-refractivity contribution is 6.31. The molecule has 1 aromatic carbocycles. The molecule has 0 fully saturated rings. The molecule has 6 nitrogen and oxygen atoms in total. The van der Waals surface area contributed by atoms with Crippen molar-refractivity contribution >= 4 is 29.1 Å². The molecular formula is C15H12ClNO5. The van der Waals surface area contributed by atoms with E-state index in [0.717, 1.165) is 12.2 Å². The molecule has 1 aliphatic carbocycles. The van der Waals surface area contributed by atoms with Crippen molar-refractivity contribution in [3.8, 4) is 5.75 Å². The summed E-state index contributed by atoms with van der Waals surface area (Å²) in [6.45, 7) is 0. The van der Waals surface area contributed by atoms with E-state index in [0.29, 0.717) is 5.56 Å². The van der Waals surface area contributed by atoms with Crippen molar-refractivity contribution in [3.05, 3.63) is 52.4 Å². The molecule has 22 heavy (non-hydrogen) atoms. The Bertz CT molecular complexity index is 721. The second-order valence-electron chi connectivity index (χ2n) is 4.50. The Labute approximate surface area is 131 Å². The Morgan fingerprint density at radius 3 is 2.64 bits per heavy atom. The lowest BCUT2D eigenvalue weighted by Gasteiger charge is -2.12. The first-order valence-corrected chi connectivity index (χ1v) is 6.62. The average Bonchev–Trinajstić information content (AvgIpc) is 2.45. The van der Waals surface area contributed by atoms with Gasteiger partial charge in [-0.1, -0.05) is 17.7 Å². The number of carbonyl (C=O) groups is 3. The molecule has 0 aromatic heterocycles. The summed E-state index contributed by atoms with van der Waals surface area (Å²) in [5, 5.41) is 11.8. The molecule has 2 rings (SSSR count). The van der Waals surface area contributed by atoms with E-state index < -0.39 is 17.5 Å². The summed E-state index contributed by atoms with van der Waals surface area (Å²) in [4.78, 5) is 35.3. The minimum atomic E-state index is -0.526. The van der Waals surface area contributed by atoms with E-state index in [4.69, 9.17) is 16.3 Å². The highest BCUT2D eigenvalue weighted by Crippen LogP contribution is 2.22. The minimum Gasteiger partial charge on any atom is -0.508 e. The van der Waals surface area contributed by atoms with Gasteiger partial charge in [0.15, 0.2) is 5.76 Å². The van der Waals surface area contributed by atoms with Gasteiger partial charge in [-0.3, -0.25) is 14.4 Å². The van der Waals surface area contributed by atoms with Gasteiger partial charge in [-0.05, 0) is 17.7 Å². The SMILES string of the molecule is COC1=CC(=O)C(NC(=O)Cc2ccc(O)cc2Cl)=CC1=O. The summed E-state index contributed by atoms with van der Waals surface area (Å²) < 4.78 is 4.74. The van der Waals surface area contributed by atoms with Gasteiger partial charge < -0.3 is 15.2 Å². The summed E-state index contributed by atoms with van der Waals surface area (Å²) in [5.41, 5.74) is 0.367. The fourth-order valence-electron chi connectivity index (χ4n) is 1.85. The van der Waals surface area contributed by atoms with Crippen LogP contribution in [0, 0.1) is 0 Å². The maximum absolute atomic E-state index is 11.9. The fraction of sp³-hybridized carbons (Fsp3) is 0.133. The zero-order chi connectivity index (χ0) is 16.3. The summed E-state index contributed by atoms with van der Waals surface area (Å²) in [6, 6.07) is 4.21. The average molecular weight is 322 g/mol. The first kappa shape index (κ1) is 15.8. The first-order chi connectivity index (χ1) is 10.4. The molecule has 0 atom stereocenters. The third-order valence-corrected chi connectivity index (χ3v) is 3.28. The standard InChI is InChI=1S/C15H12ClNO5/c1-22-14-7-12(19)11(6-13(14)20)17-15(21)4-8-2-3-9(18)5-10(8)16/h2-3,5-7,18H,4H2,1H3,(H,17,21). The van der Waals surface area contributed by atoms with Crippen LogP contribution in [0.5, 0.6) is 5.75 Å². The van der Waals surface area contributed by atoms with Crippen LogP contribution < -0.4 is 5.32 Å². The van der Waals surface area contributed by atoms with Crippen LogP contribution in [0.2, 0.25) is 5.02 Å². The number of ether oxygens (including phenoxy) is 1. The maximum atomic E-state index is 11.9. The first-order valence-electron chi connectivity index (χ1n) is 6.24. The number of hydrogen-bond donors (Lipinski definition) is 2. The van der Waals surface area contributed by atoms with E-state index in [2.05, 4.69) is 5.32 Å². The van der Waals surface area contributed by atoms with E-state index in [1.54, 1.807) is 0 Å². The van der Waals surface area contributed by atoms with Crippen molar-refractivity contribution < 1.29 is 24.2 Å². The highest BCUT2D eigenvalue weighted by atomic mass is 35.5. The second kappa shape index (κ2) is 6.44. The largest absolute Gasteiger partial charge is 0.508 e. The highest BCUT2D eigenvalue weighted by Gasteiger charge is 2.22. The topological polar surface area (TPSA) is 92.7 Å². The van der Waals surface area contributed by atoms with Crippen LogP contribution in [0.1, 0.15) is 5.56 Å². The molecule has 114 valence electrons. The number of rotatable bonds is 4. The van der Waals surface area contributed by atoms with Crippen molar-refractivity contribution in [2.24, 2.45) is 0 Å². The van der Waals surface area contributed by atoms with E-state index in [-0.39, 0.29) is 28.6 Å². The Kier molecular flexibility index (Phi) is 4.62. The van der Waals surface area contributed by atoms with Crippen LogP contribution in [0.15, 0.2) is 41.8 Å². The van der Waals surface area contributed by atoms with Gasteiger partial charge in [0.2, 0.25) is 17.5 Å². The van der Waals surface area contributed by atoms with Gasteiger partial charge in [-0.2, -0.15) is 0 Å². The molecular weight excluding hydrogens is 310 g/mol. The molecule has 0 spiro atoms. The summed E-state index contributed by atoms with van der Waals surface area (Å²) in [7, 11) is 1.28. The normalized spacial score (nSPS) is 14.3. The number of phenols is 1. The number of phenolic OH excluding ortho intramolecular Hbond substituents is 1. The van der Waals surface area contributed by atoms with Gasteiger partial charge in [-0.15, -0.1) is 0 Å². The van der Waals surface area contributed by atoms with Crippen molar-refractivity contribution in [3.63, 3.8) is 0 Å². The maximum Gasteiger partial charge on any atom is 0.228 e. The predicted octanol–water partition coefficient (Wildman–Crippen LogP) is 1.27. The lowest BCUT2D eigenvalue weighted by Crippen LogP contribution is -2.31. The number of carbonyl (C=O) groups excluding carboxylic acids is 3. The molecule has 7 heteroatoms. The van der Waals surface area contributed by atoms with Crippen LogP contribution in [0.3, 0.4) is 0 Å². The second-order valence-corrected chi connectivity index (χ2v) is 4.91. The lowest BCUT2D eigenvalue weighted by atomic mass is 10.1. The molecule has 1 amide bonds.